The molecule has 0 aromatic heterocycles. The Morgan fingerprint density at radius 2 is 0.766 bits per heavy atom. The predicted molar refractivity (Wildman–Crippen MR) is 177 cm³/mol. The first kappa shape index (κ1) is 44.6. The van der Waals surface area contributed by atoms with Gasteiger partial charge < -0.3 is 49.5 Å². The highest BCUT2D eigenvalue weighted by molar-refractivity contribution is 5.77. The van der Waals surface area contributed by atoms with Crippen molar-refractivity contribution in [3.63, 3.8) is 0 Å². The van der Waals surface area contributed by atoms with Crippen LogP contribution >= 0.6 is 0 Å². The quantitative estimate of drug-likeness (QED) is 0.0710. The minimum absolute atomic E-state index is 0.0420. The molecule has 14 heteroatoms. The van der Waals surface area contributed by atoms with E-state index in [1.807, 2.05) is 0 Å². The van der Waals surface area contributed by atoms with E-state index in [0.717, 1.165) is 38.5 Å². The fourth-order valence-corrected chi connectivity index (χ4v) is 4.32. The number of carboxylic acid groups (broad SMARTS) is 1. The minimum atomic E-state index is -0.700. The lowest BCUT2D eigenvalue weighted by molar-refractivity contribution is -0.137. The minimum Gasteiger partial charge on any atom is -0.481 e. The van der Waals surface area contributed by atoms with Gasteiger partial charge in [0.15, 0.2) is 0 Å². The Kier molecular flexibility index (Phi) is 34.6. The second kappa shape index (κ2) is 36.5. The Morgan fingerprint density at radius 1 is 0.426 bits per heavy atom. The molecular formula is C33H63N3O11. The van der Waals surface area contributed by atoms with Crippen molar-refractivity contribution in [3.8, 4) is 0 Å². The number of nitrogens with one attached hydrogen (secondary N) is 3. The van der Waals surface area contributed by atoms with E-state index in [1.165, 1.54) is 38.5 Å². The van der Waals surface area contributed by atoms with E-state index in [9.17, 15) is 19.2 Å². The normalized spacial score (nSPS) is 11.0. The van der Waals surface area contributed by atoms with Gasteiger partial charge in [0.05, 0.1) is 59.5 Å². The first-order chi connectivity index (χ1) is 23.0. The van der Waals surface area contributed by atoms with Crippen LogP contribution in [0.2, 0.25) is 0 Å². The molecule has 0 aliphatic heterocycles. The van der Waals surface area contributed by atoms with Gasteiger partial charge in [-0.15, -0.1) is 0 Å². The number of carbonyl (C=O) groups excluding carboxylic acids is 3. The molecular weight excluding hydrogens is 614 g/mol. The van der Waals surface area contributed by atoms with Crippen molar-refractivity contribution in [1.82, 2.24) is 16.0 Å². The molecule has 0 rings (SSSR count). The summed E-state index contributed by atoms with van der Waals surface area (Å²) < 4.78 is 31.4. The van der Waals surface area contributed by atoms with Crippen LogP contribution < -0.4 is 16.0 Å². The lowest BCUT2D eigenvalue weighted by atomic mass is 10.0. The fraction of sp³-hybridized carbons (Fsp3) is 0.879. The van der Waals surface area contributed by atoms with Gasteiger partial charge in [-0.1, -0.05) is 64.2 Å². The summed E-state index contributed by atoms with van der Waals surface area (Å²) in [6.45, 7) is 4.36. The van der Waals surface area contributed by atoms with E-state index in [1.54, 1.807) is 7.11 Å². The second-order valence-electron chi connectivity index (χ2n) is 11.1. The van der Waals surface area contributed by atoms with Gasteiger partial charge in [-0.05, 0) is 12.8 Å². The van der Waals surface area contributed by atoms with E-state index in [-0.39, 0.29) is 50.6 Å². The zero-order chi connectivity index (χ0) is 34.5. The number of carboxylic acids is 1. The zero-order valence-electron chi connectivity index (χ0n) is 28.8. The van der Waals surface area contributed by atoms with Gasteiger partial charge in [-0.3, -0.25) is 19.2 Å². The van der Waals surface area contributed by atoms with Gasteiger partial charge in [0.2, 0.25) is 17.7 Å². The van der Waals surface area contributed by atoms with Crippen LogP contribution in [0.1, 0.15) is 89.9 Å². The van der Waals surface area contributed by atoms with Crippen molar-refractivity contribution < 1.29 is 52.7 Å². The highest BCUT2D eigenvalue weighted by atomic mass is 16.5. The van der Waals surface area contributed by atoms with Gasteiger partial charge in [-0.2, -0.15) is 0 Å². The van der Waals surface area contributed by atoms with Gasteiger partial charge in [0.1, 0.15) is 13.2 Å². The topological polar surface area (TPSA) is 180 Å². The monoisotopic (exact) mass is 677 g/mol. The Balaban J connectivity index is 3.31. The predicted octanol–water partition coefficient (Wildman–Crippen LogP) is 2.61. The molecule has 0 saturated carbocycles. The molecule has 0 aliphatic rings. The number of hydrogen-bond acceptors (Lipinski definition) is 10. The molecule has 47 heavy (non-hydrogen) atoms. The van der Waals surface area contributed by atoms with Crippen LogP contribution in [0.4, 0.5) is 0 Å². The van der Waals surface area contributed by atoms with Crippen LogP contribution in [0.5, 0.6) is 0 Å². The van der Waals surface area contributed by atoms with Gasteiger partial charge in [-0.25, -0.2) is 0 Å². The molecule has 4 N–H and O–H groups in total. The van der Waals surface area contributed by atoms with Gasteiger partial charge in [0.25, 0.3) is 0 Å². The average Bonchev–Trinajstić information content (AvgIpc) is 3.05. The summed E-state index contributed by atoms with van der Waals surface area (Å²) in [5.74, 6) is -1.13. The summed E-state index contributed by atoms with van der Waals surface area (Å²) in [4.78, 5) is 45.8. The number of amides is 3. The summed E-state index contributed by atoms with van der Waals surface area (Å²) in [5, 5.41) is 16.9. The van der Waals surface area contributed by atoms with E-state index >= 15 is 0 Å². The standard InChI is InChI=1S/C33H63N3O11/c1-42-22-23-43-20-17-35-31(38)28-47-27-25-45-21-18-36-32(39)29-46-26-24-44-19-16-34-30(37)14-12-10-8-6-4-2-3-5-7-9-11-13-15-33(40)41/h2-29H2,1H3,(H,34,37)(H,35,38)(H,36,39)(H,40,41). The lowest BCUT2D eigenvalue weighted by Crippen LogP contribution is -2.32. The summed E-state index contributed by atoms with van der Waals surface area (Å²) in [7, 11) is 1.60. The number of methoxy groups -OCH3 is 1. The van der Waals surface area contributed by atoms with E-state index in [2.05, 4.69) is 16.0 Å². The maximum atomic E-state index is 11.9. The summed E-state index contributed by atoms with van der Waals surface area (Å²) in [6, 6.07) is 0. The van der Waals surface area contributed by atoms with Gasteiger partial charge >= 0.3 is 5.97 Å². The molecule has 0 bridgehead atoms. The number of unbranched alkanes of at least 4 members (excludes halogenated alkanes) is 11. The molecule has 0 aromatic carbocycles. The smallest absolute Gasteiger partial charge is 0.303 e. The van der Waals surface area contributed by atoms with E-state index in [0.29, 0.717) is 72.3 Å². The zero-order valence-corrected chi connectivity index (χ0v) is 28.8. The number of hydrogen-bond donors (Lipinski definition) is 4. The van der Waals surface area contributed by atoms with Crippen molar-refractivity contribution in [2.45, 2.75) is 89.9 Å². The maximum absolute atomic E-state index is 11.9. The first-order valence-corrected chi connectivity index (χ1v) is 17.3. The number of rotatable bonds is 37. The highest BCUT2D eigenvalue weighted by Crippen LogP contribution is 2.13. The molecule has 0 saturated heterocycles. The Bertz CT molecular complexity index is 759. The fourth-order valence-electron chi connectivity index (χ4n) is 4.32. The third kappa shape index (κ3) is 38.0. The van der Waals surface area contributed by atoms with Crippen molar-refractivity contribution in [3.05, 3.63) is 0 Å². The highest BCUT2D eigenvalue weighted by Gasteiger charge is 2.04. The van der Waals surface area contributed by atoms with Crippen LogP contribution in [0.15, 0.2) is 0 Å². The molecule has 0 aliphatic carbocycles. The SMILES string of the molecule is COCCOCCNC(=O)COCCOCCNC(=O)COCCOCCNC(=O)CCCCCCCCCCCCCCC(=O)O. The van der Waals surface area contributed by atoms with Crippen molar-refractivity contribution in [2.24, 2.45) is 0 Å². The summed E-state index contributed by atoms with van der Waals surface area (Å²) >= 11 is 0. The number of ether oxygens (including phenoxy) is 6. The van der Waals surface area contributed by atoms with Crippen molar-refractivity contribution in [2.75, 3.05) is 99.4 Å². The molecule has 0 unspecified atom stereocenters. The molecule has 0 spiro atoms. The Labute approximate surface area is 281 Å². The van der Waals surface area contributed by atoms with Gasteiger partial charge in [0, 0.05) is 39.6 Å². The molecule has 0 aromatic rings. The largest absolute Gasteiger partial charge is 0.481 e. The molecule has 0 fully saturated rings. The number of carbonyl (C=O) groups is 4. The third-order valence-electron chi connectivity index (χ3n) is 6.89. The molecule has 276 valence electrons. The second-order valence-corrected chi connectivity index (χ2v) is 11.1. The molecule has 3 amide bonds. The summed E-state index contributed by atoms with van der Waals surface area (Å²) in [6.07, 6.45) is 14.2. The average molecular weight is 678 g/mol. The molecule has 14 nitrogen and oxygen atoms in total. The van der Waals surface area contributed by atoms with Crippen LogP contribution in [0.25, 0.3) is 0 Å². The van der Waals surface area contributed by atoms with Crippen molar-refractivity contribution in [1.29, 1.82) is 0 Å². The molecule has 0 atom stereocenters. The summed E-state index contributed by atoms with van der Waals surface area (Å²) in [5.41, 5.74) is 0. The van der Waals surface area contributed by atoms with Crippen LogP contribution in [-0.2, 0) is 47.6 Å². The maximum Gasteiger partial charge on any atom is 0.303 e. The molecule has 0 heterocycles. The first-order valence-electron chi connectivity index (χ1n) is 17.3. The van der Waals surface area contributed by atoms with Crippen molar-refractivity contribution >= 4 is 23.7 Å². The van der Waals surface area contributed by atoms with E-state index < -0.39 is 5.97 Å². The molecule has 0 radical (unpaired) electrons. The third-order valence-corrected chi connectivity index (χ3v) is 6.89. The van der Waals surface area contributed by atoms with Crippen LogP contribution in [0, 0.1) is 0 Å². The van der Waals surface area contributed by atoms with Crippen LogP contribution in [0.3, 0.4) is 0 Å². The van der Waals surface area contributed by atoms with Crippen LogP contribution in [-0.4, -0.2) is 128 Å². The Morgan fingerprint density at radius 3 is 1.17 bits per heavy atom. The lowest BCUT2D eigenvalue weighted by Gasteiger charge is -2.09. The van der Waals surface area contributed by atoms with E-state index in [4.69, 9.17) is 33.5 Å². The number of aliphatic carboxylic acids is 1. The Hall–Kier alpha value is -2.36.